The Morgan fingerprint density at radius 2 is 2.20 bits per heavy atom. The van der Waals surface area contributed by atoms with E-state index in [0.29, 0.717) is 0 Å². The Kier molecular flexibility index (Phi) is 1.10. The quantitative estimate of drug-likeness (QED) is 0.652. The van der Waals surface area contributed by atoms with Crippen molar-refractivity contribution in [1.29, 1.82) is 0 Å². The molecule has 54 valence electrons. The average molecular weight is 155 g/mol. The van der Waals surface area contributed by atoms with Gasteiger partial charge >= 0.3 is 0 Å². The molecule has 1 aliphatic rings. The van der Waals surface area contributed by atoms with Gasteiger partial charge in [-0.2, -0.15) is 8.75 Å². The van der Waals surface area contributed by atoms with E-state index < -0.39 is 0 Å². The molecular formula is C6H9N3S. The van der Waals surface area contributed by atoms with Crippen LogP contribution in [0.25, 0.3) is 0 Å². The Labute approximate surface area is 63.6 Å². The lowest BCUT2D eigenvalue weighted by molar-refractivity contribution is 0.710. The van der Waals surface area contributed by atoms with Crippen LogP contribution >= 0.6 is 11.7 Å². The monoisotopic (exact) mass is 155 g/mol. The van der Waals surface area contributed by atoms with Crippen molar-refractivity contribution in [1.82, 2.24) is 8.75 Å². The van der Waals surface area contributed by atoms with E-state index in [4.69, 9.17) is 5.73 Å². The van der Waals surface area contributed by atoms with Crippen molar-refractivity contribution in [3.63, 3.8) is 0 Å². The van der Waals surface area contributed by atoms with Crippen LogP contribution in [-0.4, -0.2) is 8.75 Å². The number of nitrogens with zero attached hydrogens (tertiary/aromatic N) is 2. The van der Waals surface area contributed by atoms with Gasteiger partial charge in [-0.05, 0) is 19.8 Å². The maximum absolute atomic E-state index is 5.92. The van der Waals surface area contributed by atoms with Gasteiger partial charge in [0.25, 0.3) is 0 Å². The third-order valence-electron chi connectivity index (χ3n) is 1.91. The molecule has 1 aromatic rings. The van der Waals surface area contributed by atoms with Crippen molar-refractivity contribution in [2.24, 2.45) is 5.73 Å². The van der Waals surface area contributed by atoms with Gasteiger partial charge in [0, 0.05) is 0 Å². The van der Waals surface area contributed by atoms with Crippen LogP contribution in [0.3, 0.4) is 0 Å². The topological polar surface area (TPSA) is 51.8 Å². The van der Waals surface area contributed by atoms with Gasteiger partial charge in [-0.25, -0.2) is 0 Å². The van der Waals surface area contributed by atoms with Crippen LogP contribution in [0.4, 0.5) is 0 Å². The summed E-state index contributed by atoms with van der Waals surface area (Å²) in [5.41, 5.74) is 7.83. The highest BCUT2D eigenvalue weighted by Crippen LogP contribution is 2.42. The predicted octanol–water partition coefficient (Wildman–Crippen LogP) is 0.794. The minimum atomic E-state index is -0.100. The van der Waals surface area contributed by atoms with Crippen molar-refractivity contribution < 1.29 is 0 Å². The van der Waals surface area contributed by atoms with E-state index >= 15 is 0 Å². The van der Waals surface area contributed by atoms with Crippen LogP contribution in [0, 0.1) is 6.92 Å². The van der Waals surface area contributed by atoms with Crippen LogP contribution in [0.1, 0.15) is 24.2 Å². The summed E-state index contributed by atoms with van der Waals surface area (Å²) >= 11 is 1.25. The van der Waals surface area contributed by atoms with Gasteiger partial charge in [-0.1, -0.05) is 0 Å². The number of aryl methyl sites for hydroxylation is 1. The summed E-state index contributed by atoms with van der Waals surface area (Å²) in [7, 11) is 0. The molecule has 2 N–H and O–H groups in total. The zero-order chi connectivity index (χ0) is 7.19. The van der Waals surface area contributed by atoms with Crippen molar-refractivity contribution >= 4 is 11.7 Å². The van der Waals surface area contributed by atoms with Gasteiger partial charge in [0.1, 0.15) is 0 Å². The standard InChI is InChI=1S/C6H9N3S/c1-4-5(9-10-8-4)6(7)2-3-6/h2-3,7H2,1H3. The van der Waals surface area contributed by atoms with Gasteiger partial charge in [-0.15, -0.1) is 0 Å². The first-order valence-electron chi connectivity index (χ1n) is 3.31. The summed E-state index contributed by atoms with van der Waals surface area (Å²) in [5, 5.41) is 0. The van der Waals surface area contributed by atoms with Crippen molar-refractivity contribution in [3.05, 3.63) is 11.4 Å². The molecule has 1 saturated carbocycles. The molecule has 0 amide bonds. The van der Waals surface area contributed by atoms with Gasteiger partial charge in [0.05, 0.1) is 28.7 Å². The molecule has 0 saturated heterocycles. The fourth-order valence-electron chi connectivity index (χ4n) is 1.05. The van der Waals surface area contributed by atoms with Crippen molar-refractivity contribution in [3.8, 4) is 0 Å². The number of rotatable bonds is 1. The van der Waals surface area contributed by atoms with E-state index in [-0.39, 0.29) is 5.54 Å². The third kappa shape index (κ3) is 0.759. The van der Waals surface area contributed by atoms with Gasteiger partial charge in [0.15, 0.2) is 0 Å². The zero-order valence-electron chi connectivity index (χ0n) is 5.79. The van der Waals surface area contributed by atoms with E-state index in [2.05, 4.69) is 8.75 Å². The van der Waals surface area contributed by atoms with Gasteiger partial charge < -0.3 is 5.73 Å². The highest BCUT2D eigenvalue weighted by molar-refractivity contribution is 6.99. The Bertz CT molecular complexity index is 251. The molecule has 1 fully saturated rings. The van der Waals surface area contributed by atoms with Crippen LogP contribution in [0.15, 0.2) is 0 Å². The molecule has 10 heavy (non-hydrogen) atoms. The smallest absolute Gasteiger partial charge is 0.0970 e. The average Bonchev–Trinajstić information content (AvgIpc) is 2.44. The largest absolute Gasteiger partial charge is 0.320 e. The highest BCUT2D eigenvalue weighted by atomic mass is 32.1. The zero-order valence-corrected chi connectivity index (χ0v) is 6.61. The van der Waals surface area contributed by atoms with Crippen LogP contribution in [0.5, 0.6) is 0 Å². The molecule has 1 heterocycles. The van der Waals surface area contributed by atoms with Crippen molar-refractivity contribution in [2.75, 3.05) is 0 Å². The number of aromatic nitrogens is 2. The molecule has 1 aromatic heterocycles. The second kappa shape index (κ2) is 1.77. The second-order valence-electron chi connectivity index (χ2n) is 2.85. The summed E-state index contributed by atoms with van der Waals surface area (Å²) in [6.07, 6.45) is 2.14. The van der Waals surface area contributed by atoms with E-state index in [1.54, 1.807) is 0 Å². The summed E-state index contributed by atoms with van der Waals surface area (Å²) in [6, 6.07) is 0. The molecule has 1 aliphatic carbocycles. The molecule has 4 heteroatoms. The molecule has 0 unspecified atom stereocenters. The van der Waals surface area contributed by atoms with Crippen molar-refractivity contribution in [2.45, 2.75) is 25.3 Å². The molecule has 2 rings (SSSR count). The number of hydrogen-bond acceptors (Lipinski definition) is 4. The molecule has 0 bridgehead atoms. The van der Waals surface area contributed by atoms with Crippen LogP contribution < -0.4 is 5.73 Å². The minimum absolute atomic E-state index is 0.100. The van der Waals surface area contributed by atoms with Gasteiger partial charge in [-0.3, -0.25) is 0 Å². The molecule has 0 radical (unpaired) electrons. The molecule has 0 atom stereocenters. The Balaban J connectivity index is 2.42. The first-order valence-corrected chi connectivity index (χ1v) is 4.04. The Hall–Kier alpha value is -0.480. The fourth-order valence-corrected chi connectivity index (χ4v) is 1.70. The molecular weight excluding hydrogens is 146 g/mol. The van der Waals surface area contributed by atoms with Gasteiger partial charge in [0.2, 0.25) is 0 Å². The lowest BCUT2D eigenvalue weighted by Gasteiger charge is -2.02. The van der Waals surface area contributed by atoms with E-state index in [9.17, 15) is 0 Å². The predicted molar refractivity (Wildman–Crippen MR) is 39.7 cm³/mol. The Morgan fingerprint density at radius 1 is 1.50 bits per heavy atom. The SMILES string of the molecule is Cc1nsnc1C1(N)CC1. The Morgan fingerprint density at radius 3 is 2.60 bits per heavy atom. The molecule has 3 nitrogen and oxygen atoms in total. The van der Waals surface area contributed by atoms with E-state index in [0.717, 1.165) is 24.2 Å². The highest BCUT2D eigenvalue weighted by Gasteiger charge is 2.43. The summed E-state index contributed by atoms with van der Waals surface area (Å²) in [5.74, 6) is 0. The molecule has 0 aromatic carbocycles. The first kappa shape index (κ1) is 6.24. The lowest BCUT2D eigenvalue weighted by atomic mass is 10.2. The number of hydrogen-bond donors (Lipinski definition) is 1. The summed E-state index contributed by atoms with van der Waals surface area (Å²) in [4.78, 5) is 0. The van der Waals surface area contributed by atoms with E-state index in [1.807, 2.05) is 6.92 Å². The minimum Gasteiger partial charge on any atom is -0.320 e. The first-order chi connectivity index (χ1) is 4.72. The number of nitrogens with two attached hydrogens (primary N) is 1. The fraction of sp³-hybridized carbons (Fsp3) is 0.667. The van der Waals surface area contributed by atoms with Crippen LogP contribution in [0.2, 0.25) is 0 Å². The normalized spacial score (nSPS) is 21.0. The van der Waals surface area contributed by atoms with E-state index in [1.165, 1.54) is 11.7 Å². The third-order valence-corrected chi connectivity index (χ3v) is 2.53. The summed E-state index contributed by atoms with van der Waals surface area (Å²) in [6.45, 7) is 1.96. The second-order valence-corrected chi connectivity index (χ2v) is 3.38. The molecule has 0 spiro atoms. The molecule has 0 aliphatic heterocycles. The van der Waals surface area contributed by atoms with Crippen LogP contribution in [-0.2, 0) is 5.54 Å². The maximum Gasteiger partial charge on any atom is 0.0970 e. The summed E-state index contributed by atoms with van der Waals surface area (Å²) < 4.78 is 8.23. The maximum atomic E-state index is 5.92. The lowest BCUT2D eigenvalue weighted by Crippen LogP contribution is -2.20.